The zero-order valence-electron chi connectivity index (χ0n) is 84.3. The first-order valence-corrected chi connectivity index (χ1v) is 49.9. The smallest absolute Gasteiger partial charge is 0.316 e. The number of pyridine rings is 1. The number of rotatable bonds is 17. The first-order chi connectivity index (χ1) is 65.6. The van der Waals surface area contributed by atoms with E-state index in [2.05, 4.69) is 89.7 Å². The summed E-state index contributed by atoms with van der Waals surface area (Å²) in [6.07, 6.45) is 19.5. The van der Waals surface area contributed by atoms with Crippen molar-refractivity contribution in [3.05, 3.63) is 148 Å². The summed E-state index contributed by atoms with van der Waals surface area (Å²) in [5.74, 6) is -4.51. The normalized spacial score (nSPS) is 45.1. The van der Waals surface area contributed by atoms with Crippen LogP contribution in [0.2, 0.25) is 5.15 Å². The molecule has 12 aliphatic heterocycles. The third kappa shape index (κ3) is 24.8. The molecular formula is C105H153ClN4O28. The molecule has 13 heterocycles. The number of aliphatic imine (C=N–C) groups is 1. The van der Waals surface area contributed by atoms with Gasteiger partial charge < -0.3 is 130 Å². The van der Waals surface area contributed by atoms with Crippen molar-refractivity contribution in [3.8, 4) is 6.19 Å². The summed E-state index contributed by atoms with van der Waals surface area (Å²) in [5.41, 5.74) is 1.29. The van der Waals surface area contributed by atoms with Crippen molar-refractivity contribution in [3.63, 3.8) is 0 Å². The Balaban J connectivity index is 0.000000202. The second-order valence-corrected chi connectivity index (χ2v) is 41.3. The predicted octanol–water partition coefficient (Wildman–Crippen LogP) is 12.4. The lowest BCUT2D eigenvalue weighted by molar-refractivity contribution is -0.318. The molecule has 2 spiro atoms. The van der Waals surface area contributed by atoms with Crippen LogP contribution in [-0.2, 0) is 111 Å². The average molecular weight is 1950 g/mol. The number of fused-ring (bicyclic) bond motifs is 4. The molecule has 2 aliphatic carbocycles. The number of amidine groups is 1. The van der Waals surface area contributed by atoms with Crippen LogP contribution in [0.15, 0.2) is 142 Å². The van der Waals surface area contributed by atoms with Crippen LogP contribution in [0.5, 0.6) is 0 Å². The number of ether oxygens (including phenoxy) is 20. The number of aliphatic hydroxyl groups is 6. The SMILES string of the molecule is CC(=NC#N)N(C)Cc1ccc(Cl)nc1.CC[C@H](C)[C@H]1O[C@]2(C=C[C@@H]1C)C[C@@H]1C[C@@H](C/C=C(\C)[C@@H](O[C@H]3C[C@H](OC)[C@@H](O[C@H]4C[C@H](OC)[C@@H](O)[C@H](C)O4)[C@H](C)O3)[C@@H](C)/C=C/C=C3\CO[C@@H]4[C@H](O)C(C)=C[C@@H](C(=O)O1)[C@]34O)O2.CO[C@H]1C[C@H](O[C@H]2[C@H](C)O[C@@H](O[C@@H]3/C(C)=C/C[C@@H]4C[C@@H](C[C@]5(C=C[C@H](C)[C@@H](C(C)C)O5)O4)OC(=O)[C@@H]4C=C(C)[C@@H](O)[C@H]5OC/C(=C\C=C\[C@@H]3C)[C@]54O)C[C@@H]2OC)O[C@@H](C)[C@@H]1O. The molecule has 8 fully saturated rings. The molecular weight excluding hydrogens is 1800 g/mol. The highest BCUT2D eigenvalue weighted by Gasteiger charge is 2.63. The molecule has 14 aliphatic rings. The lowest BCUT2D eigenvalue weighted by Gasteiger charge is -2.48. The van der Waals surface area contributed by atoms with Gasteiger partial charge in [-0.2, -0.15) is 10.3 Å². The van der Waals surface area contributed by atoms with Crippen LogP contribution >= 0.6 is 11.6 Å². The van der Waals surface area contributed by atoms with Gasteiger partial charge in [0.05, 0.1) is 98.7 Å². The number of nitrogens with zero attached hydrogens (tertiary/aromatic N) is 4. The van der Waals surface area contributed by atoms with Gasteiger partial charge in [-0.1, -0.05) is 152 Å². The summed E-state index contributed by atoms with van der Waals surface area (Å²) < 4.78 is 127. The maximum Gasteiger partial charge on any atom is 0.316 e. The molecule has 15 rings (SSSR count). The van der Waals surface area contributed by atoms with Gasteiger partial charge in [0.1, 0.15) is 95.1 Å². The van der Waals surface area contributed by atoms with E-state index in [1.807, 2.05) is 82.2 Å². The van der Waals surface area contributed by atoms with Crippen LogP contribution < -0.4 is 0 Å². The van der Waals surface area contributed by atoms with Crippen molar-refractivity contribution >= 4 is 29.4 Å². The van der Waals surface area contributed by atoms with E-state index in [-0.39, 0.29) is 85.3 Å². The Morgan fingerprint density at radius 2 is 0.971 bits per heavy atom. The highest BCUT2D eigenvalue weighted by Crippen LogP contribution is 2.51. The van der Waals surface area contributed by atoms with E-state index in [1.54, 1.807) is 106 Å². The molecule has 1 aromatic heterocycles. The molecule has 6 N–H and O–H groups in total. The standard InChI is InChI=1S/C48H72O14.C47H70O14.C10H11ClN4/c1-11-25(2)43-28(5)17-18-47(62-43)23-34-20-33(61-47)16-15-27(4)42(26(3)13-12-14-32-24-55-45-40(49)29(6)19-35(46(51)58-34)48(32,45)52)59-39-22-37(54-10)44(31(8)57-39)60-38-21-36(53-9)41(50)30(7)56-38;1-24(2)41-27(5)16-17-46(61-41)22-33-19-32(60-46)15-14-26(4)42(25(3)12-11-13-31-23-54-44-39(48)28(6)18-34(45(50)57-33)47(31,44)51)58-38-21-36(53-10)43(30(8)56-38)59-37-20-35(52-9)40(49)29(7)55-37;1-8(14-7-12)15(2)6-9-3-4-10(11)13-5-9/h12-15,17-19,25-26,28,30-31,33-45,49-50,52H,11,16,20-24H2,1-10H3;11-14,16-18,24-25,27,29-30,32-44,48-49,51H,15,19-23H2,1-10H3;3-5H,6H2,1-2H3/b13-12+,27-15+,32-14+;12-11+,26-14+,31-13+;/t25-,26-,28-,30-,31-,33+,34-,35-,36-,37-,38-,39-,40+,41-,42-,43+,44-,45+,47+,48+;25-,27-,29-,30-,32+,33-,34-,35-,36-,37-,38-,39+,40-,41+,42-,43-,44+,46+,47+;/m00./s1. The molecule has 32 nitrogen and oxygen atoms in total. The number of carbonyl (C=O) groups is 2. The van der Waals surface area contributed by atoms with Gasteiger partial charge in [-0.05, 0) is 144 Å². The number of aliphatic hydroxyl groups excluding tert-OH is 4. The second-order valence-electron chi connectivity index (χ2n) is 40.9. The Labute approximate surface area is 819 Å². The molecule has 39 atom stereocenters. The Hall–Kier alpha value is -6.22. The molecule has 0 amide bonds. The maximum atomic E-state index is 14.3. The van der Waals surface area contributed by atoms with Crippen molar-refractivity contribution in [1.82, 2.24) is 9.88 Å². The highest BCUT2D eigenvalue weighted by molar-refractivity contribution is 6.29. The van der Waals surface area contributed by atoms with Crippen molar-refractivity contribution in [1.29, 1.82) is 5.26 Å². The molecule has 8 saturated heterocycles. The van der Waals surface area contributed by atoms with Crippen LogP contribution in [-0.4, -0.2) is 301 Å². The fourth-order valence-electron chi connectivity index (χ4n) is 22.0. The molecule has 138 heavy (non-hydrogen) atoms. The van der Waals surface area contributed by atoms with Gasteiger partial charge in [0.15, 0.2) is 36.7 Å². The minimum Gasteiger partial charge on any atom is -0.462 e. The van der Waals surface area contributed by atoms with E-state index >= 15 is 0 Å². The third-order valence-corrected chi connectivity index (χ3v) is 30.7. The largest absolute Gasteiger partial charge is 0.462 e. The summed E-state index contributed by atoms with van der Waals surface area (Å²) >= 11 is 5.67. The molecule has 33 heteroatoms. The molecule has 768 valence electrons. The topological polar surface area (TPSA) is 392 Å². The van der Waals surface area contributed by atoms with Crippen LogP contribution in [0.4, 0.5) is 0 Å². The fourth-order valence-corrected chi connectivity index (χ4v) is 22.2. The number of aromatic nitrogens is 1. The van der Waals surface area contributed by atoms with Gasteiger partial charge in [0.25, 0.3) is 0 Å². The van der Waals surface area contributed by atoms with Gasteiger partial charge in [-0.25, -0.2) is 4.98 Å². The van der Waals surface area contributed by atoms with Crippen molar-refractivity contribution < 1.29 is 135 Å². The van der Waals surface area contributed by atoms with E-state index in [4.69, 9.17) is 112 Å². The summed E-state index contributed by atoms with van der Waals surface area (Å²) in [6.45, 7) is 34.5. The number of carbonyl (C=O) groups excluding carboxylic acids is 2. The Morgan fingerprint density at radius 3 is 1.38 bits per heavy atom. The van der Waals surface area contributed by atoms with E-state index in [0.717, 1.165) is 23.1 Å². The van der Waals surface area contributed by atoms with E-state index in [1.165, 1.54) is 0 Å². The van der Waals surface area contributed by atoms with Gasteiger partial charge in [0, 0.05) is 123 Å². The molecule has 0 unspecified atom stereocenters. The zero-order chi connectivity index (χ0) is 99.9. The van der Waals surface area contributed by atoms with E-state index in [0.29, 0.717) is 104 Å². The minimum atomic E-state index is -1.84. The minimum absolute atomic E-state index is 0.0313. The summed E-state index contributed by atoms with van der Waals surface area (Å²) in [6, 6.07) is 3.63. The van der Waals surface area contributed by atoms with Gasteiger partial charge in [-0.3, -0.25) is 9.59 Å². The molecule has 0 aromatic carbocycles. The van der Waals surface area contributed by atoms with Crippen LogP contribution in [0, 0.1) is 58.8 Å². The second kappa shape index (κ2) is 47.3. The number of halogens is 1. The number of hydrogen-bond donors (Lipinski definition) is 6. The third-order valence-electron chi connectivity index (χ3n) is 30.4. The first-order valence-electron chi connectivity index (χ1n) is 49.6. The van der Waals surface area contributed by atoms with Crippen LogP contribution in [0.3, 0.4) is 0 Å². The number of esters is 2. The van der Waals surface area contributed by atoms with Crippen LogP contribution in [0.25, 0.3) is 0 Å². The Bertz CT molecular complexity index is 4670. The lowest BCUT2D eigenvalue weighted by atomic mass is 9.71. The zero-order valence-corrected chi connectivity index (χ0v) is 85.1. The van der Waals surface area contributed by atoms with Gasteiger partial charge in [0.2, 0.25) is 6.19 Å². The average Bonchev–Trinajstić information content (AvgIpc) is 1.57. The van der Waals surface area contributed by atoms with Crippen molar-refractivity contribution in [2.45, 2.75) is 389 Å². The monoisotopic (exact) mass is 1950 g/mol. The Morgan fingerprint density at radius 1 is 0.558 bits per heavy atom. The van der Waals surface area contributed by atoms with E-state index < -0.39 is 182 Å². The maximum absolute atomic E-state index is 14.3. The fraction of sp³-hybridized carbons (Fsp3) is 0.724. The first kappa shape index (κ1) is 109. The van der Waals surface area contributed by atoms with Gasteiger partial charge >= 0.3 is 11.9 Å². The molecule has 1 aromatic rings. The number of nitriles is 1. The number of hydrogen-bond acceptors (Lipinski definition) is 31. The lowest BCUT2D eigenvalue weighted by Crippen LogP contribution is -2.58. The molecule has 4 bridgehead atoms. The van der Waals surface area contributed by atoms with Crippen molar-refractivity contribution in [2.24, 2.45) is 52.3 Å². The van der Waals surface area contributed by atoms with E-state index in [9.17, 15) is 40.2 Å². The summed E-state index contributed by atoms with van der Waals surface area (Å²) in [4.78, 5) is 38.1. The highest BCUT2D eigenvalue weighted by atomic mass is 35.5. The predicted molar refractivity (Wildman–Crippen MR) is 509 cm³/mol. The summed E-state index contributed by atoms with van der Waals surface area (Å²) in [5, 5.41) is 77.3. The number of methoxy groups -OCH3 is 4. The quantitative estimate of drug-likeness (QED) is 0.0211. The number of allylic oxidation sites excluding steroid dienone is 4. The molecule has 0 saturated carbocycles. The van der Waals surface area contributed by atoms with Crippen LogP contribution in [0.1, 0.15) is 194 Å². The van der Waals surface area contributed by atoms with Crippen molar-refractivity contribution in [2.75, 3.05) is 48.7 Å². The Kier molecular flexibility index (Phi) is 37.4. The molecule has 0 radical (unpaired) electrons. The van der Waals surface area contributed by atoms with Gasteiger partial charge in [-0.15, -0.1) is 0 Å². The summed E-state index contributed by atoms with van der Waals surface area (Å²) in [7, 11) is 8.30.